The molecule has 1 N–H and O–H groups in total. The lowest BCUT2D eigenvalue weighted by Crippen LogP contribution is -2.44. The number of hydrogen-bond donors (Lipinski definition) is 1. The number of ether oxygens (including phenoxy) is 2. The number of carbonyl (C=O) groups excluding carboxylic acids is 2. The number of para-hydroxylation sites is 1. The summed E-state index contributed by atoms with van der Waals surface area (Å²) in [5, 5.41) is 1.10. The second-order valence-corrected chi connectivity index (χ2v) is 9.29. The Balaban J connectivity index is 1.38. The Morgan fingerprint density at radius 2 is 1.74 bits per heavy atom. The number of anilines is 1. The minimum Gasteiger partial charge on any atom is -0.486 e. The second kappa shape index (κ2) is 7.37. The monoisotopic (exact) mass is 465 g/mol. The molecule has 3 aromatic carbocycles. The van der Waals surface area contributed by atoms with Crippen molar-refractivity contribution >= 4 is 28.5 Å². The number of amides is 3. The summed E-state index contributed by atoms with van der Waals surface area (Å²) in [7, 11) is 0. The van der Waals surface area contributed by atoms with Gasteiger partial charge in [-0.25, -0.2) is 9.69 Å². The highest BCUT2D eigenvalue weighted by atomic mass is 16.6. The number of urea groups is 1. The molecule has 0 saturated carbocycles. The summed E-state index contributed by atoms with van der Waals surface area (Å²) in [5.74, 6) is 0.946. The fourth-order valence-corrected chi connectivity index (χ4v) is 5.67. The van der Waals surface area contributed by atoms with E-state index >= 15 is 0 Å². The first-order chi connectivity index (χ1) is 17.1. The number of imide groups is 1. The first-order valence-corrected chi connectivity index (χ1v) is 11.8. The maximum Gasteiger partial charge on any atom is 0.332 e. The molecule has 1 aromatic heterocycles. The maximum atomic E-state index is 14.0. The van der Waals surface area contributed by atoms with Gasteiger partial charge in [-0.1, -0.05) is 48.0 Å². The third kappa shape index (κ3) is 2.91. The Kier molecular flexibility index (Phi) is 4.24. The zero-order valence-corrected chi connectivity index (χ0v) is 19.2. The zero-order chi connectivity index (χ0) is 23.7. The van der Waals surface area contributed by atoms with Gasteiger partial charge in [0.2, 0.25) is 0 Å². The van der Waals surface area contributed by atoms with E-state index in [1.165, 1.54) is 4.90 Å². The lowest BCUT2D eigenvalue weighted by molar-refractivity contribution is -0.120. The molecule has 2 atom stereocenters. The van der Waals surface area contributed by atoms with Crippen LogP contribution in [0.25, 0.3) is 10.9 Å². The Morgan fingerprint density at radius 1 is 0.914 bits per heavy atom. The predicted molar refractivity (Wildman–Crippen MR) is 131 cm³/mol. The van der Waals surface area contributed by atoms with Crippen LogP contribution in [0.2, 0.25) is 0 Å². The molecule has 1 fully saturated rings. The van der Waals surface area contributed by atoms with Crippen LogP contribution in [-0.4, -0.2) is 41.1 Å². The van der Waals surface area contributed by atoms with Gasteiger partial charge < -0.3 is 14.5 Å². The number of nitrogens with zero attached hydrogens (tertiary/aromatic N) is 2. The number of H-pyrrole nitrogens is 1. The largest absolute Gasteiger partial charge is 0.486 e. The van der Waals surface area contributed by atoms with Gasteiger partial charge in [-0.15, -0.1) is 0 Å². The molecule has 7 nitrogen and oxygen atoms in total. The molecule has 35 heavy (non-hydrogen) atoms. The molecule has 4 aromatic rings. The molecule has 1 saturated heterocycles. The molecule has 7 rings (SSSR count). The highest BCUT2D eigenvalue weighted by Gasteiger charge is 2.53. The highest BCUT2D eigenvalue weighted by molar-refractivity contribution is 6.22. The normalized spacial score (nSPS) is 20.8. The minimum absolute atomic E-state index is 0.222. The fourth-order valence-electron chi connectivity index (χ4n) is 5.67. The van der Waals surface area contributed by atoms with E-state index < -0.39 is 12.1 Å². The smallest absolute Gasteiger partial charge is 0.332 e. The van der Waals surface area contributed by atoms with E-state index in [1.54, 1.807) is 23.1 Å². The number of nitrogens with one attached hydrogen (secondary N) is 1. The van der Waals surface area contributed by atoms with E-state index in [2.05, 4.69) is 17.1 Å². The van der Waals surface area contributed by atoms with Gasteiger partial charge >= 0.3 is 6.03 Å². The molecular formula is C28H23N3O4. The summed E-state index contributed by atoms with van der Waals surface area (Å²) < 4.78 is 11.3. The van der Waals surface area contributed by atoms with Gasteiger partial charge in [-0.3, -0.25) is 9.69 Å². The maximum absolute atomic E-state index is 14.0. The predicted octanol–water partition coefficient (Wildman–Crippen LogP) is 4.73. The molecule has 7 heteroatoms. The van der Waals surface area contributed by atoms with Gasteiger partial charge in [0, 0.05) is 29.1 Å². The number of fused-ring (bicyclic) bond motifs is 5. The lowest BCUT2D eigenvalue weighted by Gasteiger charge is -2.36. The number of carbonyl (C=O) groups is 2. The van der Waals surface area contributed by atoms with Crippen LogP contribution in [0.4, 0.5) is 10.5 Å². The lowest BCUT2D eigenvalue weighted by atomic mass is 9.88. The second-order valence-electron chi connectivity index (χ2n) is 9.29. The van der Waals surface area contributed by atoms with Crippen molar-refractivity contribution in [2.45, 2.75) is 25.4 Å². The van der Waals surface area contributed by atoms with Crippen molar-refractivity contribution < 1.29 is 19.1 Å². The fraction of sp³-hybridized carbons (Fsp3) is 0.214. The first kappa shape index (κ1) is 20.1. The summed E-state index contributed by atoms with van der Waals surface area (Å²) in [5.41, 5.74) is 5.66. The van der Waals surface area contributed by atoms with E-state index in [9.17, 15) is 9.59 Å². The SMILES string of the molecule is Cc1cccc(C2c3[nH]c4ccccc4c3C[C@H]3C(=O)N(c4ccc5c(c4)OCCO5)C(=O)N23)c1. The van der Waals surface area contributed by atoms with E-state index in [0.717, 1.165) is 33.3 Å². The van der Waals surface area contributed by atoms with Crippen molar-refractivity contribution in [1.29, 1.82) is 0 Å². The van der Waals surface area contributed by atoms with Gasteiger partial charge in [-0.2, -0.15) is 0 Å². The average molecular weight is 466 g/mol. The van der Waals surface area contributed by atoms with Crippen LogP contribution >= 0.6 is 0 Å². The molecule has 3 aliphatic heterocycles. The third-order valence-electron chi connectivity index (χ3n) is 7.19. The Labute approximate surface area is 201 Å². The average Bonchev–Trinajstić information content (AvgIpc) is 3.37. The van der Waals surface area contributed by atoms with Crippen LogP contribution in [0, 0.1) is 6.92 Å². The third-order valence-corrected chi connectivity index (χ3v) is 7.19. The molecule has 0 aliphatic carbocycles. The minimum atomic E-state index is -0.590. The van der Waals surface area contributed by atoms with Crippen molar-refractivity contribution in [2.75, 3.05) is 18.1 Å². The molecule has 174 valence electrons. The Bertz CT molecular complexity index is 1520. The Morgan fingerprint density at radius 3 is 2.60 bits per heavy atom. The quantitative estimate of drug-likeness (QED) is 0.435. The summed E-state index contributed by atoms with van der Waals surface area (Å²) in [6, 6.07) is 20.2. The molecule has 3 aliphatic rings. The van der Waals surface area contributed by atoms with Crippen molar-refractivity contribution in [3.63, 3.8) is 0 Å². The summed E-state index contributed by atoms with van der Waals surface area (Å²) in [6.07, 6.45) is 0.466. The van der Waals surface area contributed by atoms with E-state index in [0.29, 0.717) is 36.8 Å². The molecule has 1 unspecified atom stereocenters. The molecule has 3 amide bonds. The van der Waals surface area contributed by atoms with Gasteiger partial charge in [-0.05, 0) is 36.2 Å². The number of benzene rings is 3. The van der Waals surface area contributed by atoms with E-state index in [1.807, 2.05) is 43.3 Å². The standard InChI is InChI=1S/C28H23N3O4/c1-16-5-4-6-17(13-16)26-25-20(19-7-2-3-8-21(19)29-25)15-22-27(32)30(28(33)31(22)26)18-9-10-23-24(14-18)35-12-11-34-23/h2-10,13-14,22,26,29H,11-12,15H2,1H3/t22-,26?/m0/s1. The number of hydrogen-bond acceptors (Lipinski definition) is 4. The summed E-state index contributed by atoms with van der Waals surface area (Å²) in [6.45, 7) is 2.95. The number of aryl methyl sites for hydroxylation is 1. The van der Waals surface area contributed by atoms with Crippen LogP contribution in [-0.2, 0) is 11.2 Å². The topological polar surface area (TPSA) is 74.9 Å². The van der Waals surface area contributed by atoms with Crippen molar-refractivity contribution in [1.82, 2.24) is 9.88 Å². The Hall–Kier alpha value is -4.26. The van der Waals surface area contributed by atoms with E-state index in [4.69, 9.17) is 9.47 Å². The van der Waals surface area contributed by atoms with Crippen LogP contribution in [0.5, 0.6) is 11.5 Å². The zero-order valence-electron chi connectivity index (χ0n) is 19.2. The molecule has 4 heterocycles. The van der Waals surface area contributed by atoms with Crippen LogP contribution < -0.4 is 14.4 Å². The van der Waals surface area contributed by atoms with Crippen LogP contribution in [0.1, 0.15) is 28.4 Å². The van der Waals surface area contributed by atoms with Gasteiger partial charge in [0.1, 0.15) is 25.3 Å². The van der Waals surface area contributed by atoms with Gasteiger partial charge in [0.05, 0.1) is 5.69 Å². The highest BCUT2D eigenvalue weighted by Crippen LogP contribution is 2.45. The number of aromatic amines is 1. The molecule has 0 radical (unpaired) electrons. The first-order valence-electron chi connectivity index (χ1n) is 11.8. The summed E-state index contributed by atoms with van der Waals surface area (Å²) in [4.78, 5) is 34.4. The van der Waals surface area contributed by atoms with Crippen LogP contribution in [0.15, 0.2) is 66.7 Å². The van der Waals surface area contributed by atoms with Gasteiger partial charge in [0.15, 0.2) is 11.5 Å². The molecular weight excluding hydrogens is 442 g/mol. The number of aromatic nitrogens is 1. The van der Waals surface area contributed by atoms with Crippen molar-refractivity contribution in [2.24, 2.45) is 0 Å². The van der Waals surface area contributed by atoms with Crippen molar-refractivity contribution in [3.8, 4) is 11.5 Å². The van der Waals surface area contributed by atoms with E-state index in [-0.39, 0.29) is 11.9 Å². The summed E-state index contributed by atoms with van der Waals surface area (Å²) >= 11 is 0. The van der Waals surface area contributed by atoms with Crippen LogP contribution in [0.3, 0.4) is 0 Å². The number of rotatable bonds is 2. The molecule has 0 spiro atoms. The van der Waals surface area contributed by atoms with Gasteiger partial charge in [0.25, 0.3) is 5.91 Å². The van der Waals surface area contributed by atoms with Crippen molar-refractivity contribution in [3.05, 3.63) is 89.1 Å². The molecule has 0 bridgehead atoms.